The lowest BCUT2D eigenvalue weighted by molar-refractivity contribution is -0.137. The Hall–Kier alpha value is -0.390. The Bertz CT molecular complexity index is 187. The van der Waals surface area contributed by atoms with Crippen molar-refractivity contribution in [2.75, 3.05) is 0 Å². The first kappa shape index (κ1) is 9.70. The van der Waals surface area contributed by atoms with Gasteiger partial charge in [0.15, 0.2) is 0 Å². The van der Waals surface area contributed by atoms with Crippen LogP contribution >= 0.6 is 0 Å². The van der Waals surface area contributed by atoms with Gasteiger partial charge in [-0.25, -0.2) is 8.78 Å². The van der Waals surface area contributed by atoms with Crippen LogP contribution in [0.15, 0.2) is 0 Å². The van der Waals surface area contributed by atoms with Crippen LogP contribution in [-0.2, 0) is 0 Å². The zero-order valence-electron chi connectivity index (χ0n) is 6.09. The zero-order valence-corrected chi connectivity index (χ0v) is 6.09. The van der Waals surface area contributed by atoms with E-state index >= 15 is 0 Å². The molecule has 1 unspecified atom stereocenters. The first-order valence-electron chi connectivity index (χ1n) is 3.40. The zero-order chi connectivity index (χ0) is 9.62. The second kappa shape index (κ2) is 2.31. The minimum absolute atomic E-state index is 0.629. The van der Waals surface area contributed by atoms with E-state index < -0.39 is 36.9 Å². The van der Waals surface area contributed by atoms with E-state index in [0.717, 1.165) is 0 Å². The molecule has 0 aromatic heterocycles. The summed E-state index contributed by atoms with van der Waals surface area (Å²) in [6.45, 7) is 0. The maximum absolute atomic E-state index is 12.3. The van der Waals surface area contributed by atoms with Gasteiger partial charge in [-0.1, -0.05) is 0 Å². The minimum atomic E-state index is -4.40. The molecule has 0 amide bonds. The summed E-state index contributed by atoms with van der Waals surface area (Å²) < 4.78 is 59.2. The first-order chi connectivity index (χ1) is 5.16. The Morgan fingerprint density at radius 3 is 1.92 bits per heavy atom. The molecule has 0 saturated heterocycles. The van der Waals surface area contributed by atoms with Gasteiger partial charge < -0.3 is 5.73 Å². The molecule has 6 heteroatoms. The molecule has 1 nitrogen and oxygen atoms in total. The van der Waals surface area contributed by atoms with Gasteiger partial charge >= 0.3 is 6.18 Å². The van der Waals surface area contributed by atoms with Crippen molar-refractivity contribution in [3.63, 3.8) is 0 Å². The van der Waals surface area contributed by atoms with Crippen LogP contribution in [0.4, 0.5) is 22.0 Å². The highest BCUT2D eigenvalue weighted by Gasteiger charge is 2.68. The van der Waals surface area contributed by atoms with Crippen LogP contribution in [0.3, 0.4) is 0 Å². The number of rotatable bonds is 2. The van der Waals surface area contributed by atoms with Gasteiger partial charge in [0.05, 0.1) is 5.54 Å². The van der Waals surface area contributed by atoms with Gasteiger partial charge in [-0.15, -0.1) is 0 Å². The Labute approximate surface area is 65.7 Å². The minimum Gasteiger partial charge on any atom is -0.320 e. The van der Waals surface area contributed by atoms with Gasteiger partial charge in [0.1, 0.15) is 0 Å². The van der Waals surface area contributed by atoms with Crippen LogP contribution in [0.25, 0.3) is 0 Å². The van der Waals surface area contributed by atoms with E-state index in [4.69, 9.17) is 5.73 Å². The second-order valence-electron chi connectivity index (χ2n) is 3.15. The van der Waals surface area contributed by atoms with Crippen molar-refractivity contribution < 1.29 is 22.0 Å². The van der Waals surface area contributed by atoms with Gasteiger partial charge in [-0.05, 0) is 6.42 Å². The fraction of sp³-hybridized carbons (Fsp3) is 1.00. The molecular weight excluding hydrogens is 181 g/mol. The highest BCUT2D eigenvalue weighted by atomic mass is 19.4. The molecule has 1 saturated carbocycles. The van der Waals surface area contributed by atoms with Crippen molar-refractivity contribution in [1.82, 2.24) is 0 Å². The summed E-state index contributed by atoms with van der Waals surface area (Å²) in [7, 11) is 0. The van der Waals surface area contributed by atoms with Crippen LogP contribution in [-0.4, -0.2) is 17.6 Å². The molecule has 2 N–H and O–H groups in total. The van der Waals surface area contributed by atoms with E-state index in [1.807, 2.05) is 0 Å². The Balaban J connectivity index is 2.36. The molecule has 0 radical (unpaired) electrons. The predicted octanol–water partition coefficient (Wildman–Crippen LogP) is 2.07. The molecule has 0 aromatic rings. The summed E-state index contributed by atoms with van der Waals surface area (Å²) in [5.74, 6) is -3.10. The largest absolute Gasteiger partial charge is 0.389 e. The van der Waals surface area contributed by atoms with Gasteiger partial charge in [0.2, 0.25) is 0 Å². The van der Waals surface area contributed by atoms with Crippen LogP contribution in [0.2, 0.25) is 0 Å². The number of nitrogens with two attached hydrogens (primary N) is 1. The maximum atomic E-state index is 12.3. The highest BCUT2D eigenvalue weighted by Crippen LogP contribution is 2.54. The summed E-state index contributed by atoms with van der Waals surface area (Å²) in [6.07, 6.45) is -6.95. The molecule has 1 aliphatic carbocycles. The van der Waals surface area contributed by atoms with E-state index in [1.165, 1.54) is 0 Å². The van der Waals surface area contributed by atoms with Gasteiger partial charge in [0, 0.05) is 12.8 Å². The average Bonchev–Trinajstić information content (AvgIpc) is 2.28. The third-order valence-corrected chi connectivity index (χ3v) is 2.00. The summed E-state index contributed by atoms with van der Waals surface area (Å²) in [4.78, 5) is 0. The monoisotopic (exact) mass is 189 g/mol. The third kappa shape index (κ3) is 1.85. The number of hydrogen-bond acceptors (Lipinski definition) is 1. The summed E-state index contributed by atoms with van der Waals surface area (Å²) in [5.41, 5.74) is 3.08. The molecule has 1 aliphatic rings. The van der Waals surface area contributed by atoms with Crippen molar-refractivity contribution >= 4 is 0 Å². The fourth-order valence-electron chi connectivity index (χ4n) is 0.988. The normalized spacial score (nSPS) is 33.5. The van der Waals surface area contributed by atoms with Crippen molar-refractivity contribution in [3.05, 3.63) is 0 Å². The molecular formula is C6H8F5N. The molecule has 0 bridgehead atoms. The molecule has 1 fully saturated rings. The van der Waals surface area contributed by atoms with E-state index in [2.05, 4.69) is 0 Å². The van der Waals surface area contributed by atoms with E-state index in [1.54, 1.807) is 0 Å². The standard InChI is InChI=1S/C6H8F5N/c7-5(8)3-4(5,12)1-2-6(9,10)11/h1-3,12H2. The lowest BCUT2D eigenvalue weighted by atomic mass is 10.1. The average molecular weight is 189 g/mol. The topological polar surface area (TPSA) is 26.0 Å². The summed E-state index contributed by atoms with van der Waals surface area (Å²) >= 11 is 0. The van der Waals surface area contributed by atoms with Crippen molar-refractivity contribution in [2.24, 2.45) is 5.73 Å². The quantitative estimate of drug-likeness (QED) is 0.661. The molecule has 72 valence electrons. The molecule has 12 heavy (non-hydrogen) atoms. The van der Waals surface area contributed by atoms with E-state index in [0.29, 0.717) is 0 Å². The lowest BCUT2D eigenvalue weighted by Crippen LogP contribution is -2.31. The molecule has 0 aliphatic heterocycles. The number of alkyl halides is 5. The molecule has 0 aromatic carbocycles. The lowest BCUT2D eigenvalue weighted by Gasteiger charge is -2.11. The molecule has 0 spiro atoms. The van der Waals surface area contributed by atoms with Crippen LogP contribution < -0.4 is 5.73 Å². The van der Waals surface area contributed by atoms with E-state index in [-0.39, 0.29) is 0 Å². The van der Waals surface area contributed by atoms with Gasteiger partial charge in [0.25, 0.3) is 5.92 Å². The van der Waals surface area contributed by atoms with Gasteiger partial charge in [-0.3, -0.25) is 0 Å². The smallest absolute Gasteiger partial charge is 0.320 e. The summed E-state index contributed by atoms with van der Waals surface area (Å²) in [5, 5.41) is 0. The fourth-order valence-corrected chi connectivity index (χ4v) is 0.988. The van der Waals surface area contributed by atoms with Gasteiger partial charge in [-0.2, -0.15) is 13.2 Å². The maximum Gasteiger partial charge on any atom is 0.389 e. The number of halogens is 5. The van der Waals surface area contributed by atoms with Crippen LogP contribution in [0, 0.1) is 0 Å². The van der Waals surface area contributed by atoms with Crippen LogP contribution in [0.5, 0.6) is 0 Å². The SMILES string of the molecule is NC1(CCC(F)(F)F)CC1(F)F. The predicted molar refractivity (Wildman–Crippen MR) is 31.8 cm³/mol. The first-order valence-corrected chi connectivity index (χ1v) is 3.40. The number of hydrogen-bond donors (Lipinski definition) is 1. The van der Waals surface area contributed by atoms with E-state index in [9.17, 15) is 22.0 Å². The van der Waals surface area contributed by atoms with Crippen LogP contribution in [0.1, 0.15) is 19.3 Å². The Morgan fingerprint density at radius 1 is 1.25 bits per heavy atom. The second-order valence-corrected chi connectivity index (χ2v) is 3.15. The Kier molecular flexibility index (Phi) is 1.86. The highest BCUT2D eigenvalue weighted by molar-refractivity contribution is 5.15. The third-order valence-electron chi connectivity index (χ3n) is 2.00. The van der Waals surface area contributed by atoms with Crippen molar-refractivity contribution in [2.45, 2.75) is 36.9 Å². The molecule has 1 rings (SSSR count). The van der Waals surface area contributed by atoms with Crippen molar-refractivity contribution in [3.8, 4) is 0 Å². The van der Waals surface area contributed by atoms with Crippen molar-refractivity contribution in [1.29, 1.82) is 0 Å². The Morgan fingerprint density at radius 2 is 1.67 bits per heavy atom. The summed E-state index contributed by atoms with van der Waals surface area (Å²) in [6, 6.07) is 0. The molecule has 0 heterocycles. The molecule has 1 atom stereocenters.